The lowest BCUT2D eigenvalue weighted by Gasteiger charge is -2.09. The highest BCUT2D eigenvalue weighted by Crippen LogP contribution is 2.11. The number of amides is 1. The number of nitrogens with zero attached hydrogens (tertiary/aromatic N) is 1. The predicted molar refractivity (Wildman–Crippen MR) is 77.4 cm³/mol. The van der Waals surface area contributed by atoms with E-state index in [1.807, 2.05) is 0 Å². The Labute approximate surface area is 122 Å². The van der Waals surface area contributed by atoms with E-state index in [-0.39, 0.29) is 24.2 Å². The zero-order valence-electron chi connectivity index (χ0n) is 10.9. The smallest absolute Gasteiger partial charge is 0.306 e. The van der Waals surface area contributed by atoms with Crippen LogP contribution in [-0.4, -0.2) is 36.0 Å². The number of ether oxygens (including phenoxy) is 1. The van der Waals surface area contributed by atoms with E-state index in [2.05, 4.69) is 0 Å². The summed E-state index contributed by atoms with van der Waals surface area (Å²) in [5.41, 5.74) is 0.884. The van der Waals surface area contributed by atoms with Crippen LogP contribution in [0.2, 0.25) is 5.02 Å². The maximum absolute atomic E-state index is 11.4. The minimum absolute atomic E-state index is 0.0644. The van der Waals surface area contributed by atoms with Gasteiger partial charge in [0.25, 0.3) is 5.24 Å². The summed E-state index contributed by atoms with van der Waals surface area (Å²) in [7, 11) is 3.35. The second-order valence-corrected chi connectivity index (χ2v) is 5.53. The monoisotopic (exact) mass is 301 g/mol. The zero-order valence-corrected chi connectivity index (χ0v) is 12.5. The molecular weight excluding hydrogens is 286 g/mol. The summed E-state index contributed by atoms with van der Waals surface area (Å²) in [6.07, 6.45) is 0.220. The van der Waals surface area contributed by atoms with Gasteiger partial charge in [-0.3, -0.25) is 9.59 Å². The first-order valence-electron chi connectivity index (χ1n) is 5.73. The topological polar surface area (TPSA) is 46.6 Å². The number of carbonyl (C=O) groups is 2. The van der Waals surface area contributed by atoms with E-state index in [0.29, 0.717) is 10.8 Å². The molecule has 1 amide bonds. The molecule has 0 atom stereocenters. The molecule has 0 aliphatic heterocycles. The van der Waals surface area contributed by atoms with Crippen molar-refractivity contribution in [1.29, 1.82) is 0 Å². The number of halogens is 1. The van der Waals surface area contributed by atoms with Crippen LogP contribution in [-0.2, 0) is 16.1 Å². The van der Waals surface area contributed by atoms with Gasteiger partial charge in [-0.2, -0.15) is 0 Å². The second kappa shape index (κ2) is 8.07. The van der Waals surface area contributed by atoms with Gasteiger partial charge in [0.15, 0.2) is 0 Å². The molecule has 4 nitrogen and oxygen atoms in total. The van der Waals surface area contributed by atoms with Crippen LogP contribution >= 0.6 is 23.4 Å². The maximum Gasteiger partial charge on any atom is 0.306 e. The van der Waals surface area contributed by atoms with Crippen LogP contribution in [0, 0.1) is 0 Å². The Morgan fingerprint density at radius 2 is 1.89 bits per heavy atom. The van der Waals surface area contributed by atoms with Crippen molar-refractivity contribution in [2.45, 2.75) is 13.0 Å². The van der Waals surface area contributed by atoms with E-state index in [1.54, 1.807) is 38.4 Å². The molecule has 0 N–H and O–H groups in total. The van der Waals surface area contributed by atoms with Crippen LogP contribution in [0.3, 0.4) is 0 Å². The standard InChI is InChI=1S/C13H16ClNO3S/c1-15(2)13(17)19-8-7-12(16)18-9-10-3-5-11(14)6-4-10/h3-6H,7-9H2,1-2H3. The first kappa shape index (κ1) is 15.9. The van der Waals surface area contributed by atoms with Crippen LogP contribution in [0.5, 0.6) is 0 Å². The van der Waals surface area contributed by atoms with E-state index < -0.39 is 0 Å². The van der Waals surface area contributed by atoms with Crippen molar-refractivity contribution in [1.82, 2.24) is 4.90 Å². The molecule has 0 saturated heterocycles. The third-order valence-corrected chi connectivity index (χ3v) is 3.48. The van der Waals surface area contributed by atoms with Gasteiger partial charge in [-0.1, -0.05) is 35.5 Å². The maximum atomic E-state index is 11.4. The Morgan fingerprint density at radius 1 is 1.26 bits per heavy atom. The molecule has 0 saturated carbocycles. The molecule has 6 heteroatoms. The molecule has 0 spiro atoms. The first-order chi connectivity index (χ1) is 8.99. The quantitative estimate of drug-likeness (QED) is 0.784. The summed E-state index contributed by atoms with van der Waals surface area (Å²) in [5, 5.41) is 0.583. The van der Waals surface area contributed by atoms with E-state index in [1.165, 1.54) is 4.90 Å². The van der Waals surface area contributed by atoms with E-state index in [9.17, 15) is 9.59 Å². The van der Waals surface area contributed by atoms with Crippen molar-refractivity contribution in [3.8, 4) is 0 Å². The molecule has 0 fully saturated rings. The molecule has 0 unspecified atom stereocenters. The molecule has 104 valence electrons. The fourth-order valence-electron chi connectivity index (χ4n) is 1.17. The number of rotatable bonds is 5. The van der Waals surface area contributed by atoms with Gasteiger partial charge < -0.3 is 9.64 Å². The third kappa shape index (κ3) is 6.50. The highest BCUT2D eigenvalue weighted by molar-refractivity contribution is 8.13. The Balaban J connectivity index is 2.21. The average Bonchev–Trinajstić information content (AvgIpc) is 2.37. The van der Waals surface area contributed by atoms with Gasteiger partial charge in [0.1, 0.15) is 6.61 Å². The Kier molecular flexibility index (Phi) is 6.73. The molecule has 19 heavy (non-hydrogen) atoms. The van der Waals surface area contributed by atoms with Crippen molar-refractivity contribution in [2.75, 3.05) is 19.8 Å². The number of hydrogen-bond acceptors (Lipinski definition) is 4. The van der Waals surface area contributed by atoms with E-state index >= 15 is 0 Å². The molecule has 0 heterocycles. The number of hydrogen-bond donors (Lipinski definition) is 0. The van der Waals surface area contributed by atoms with Crippen molar-refractivity contribution in [2.24, 2.45) is 0 Å². The second-order valence-electron chi connectivity index (χ2n) is 4.05. The van der Waals surface area contributed by atoms with Crippen molar-refractivity contribution < 1.29 is 14.3 Å². The minimum Gasteiger partial charge on any atom is -0.461 e. The molecule has 0 aromatic heterocycles. The highest BCUT2D eigenvalue weighted by Gasteiger charge is 2.08. The van der Waals surface area contributed by atoms with Gasteiger partial charge in [0.05, 0.1) is 6.42 Å². The molecule has 0 radical (unpaired) electrons. The van der Waals surface area contributed by atoms with Gasteiger partial charge >= 0.3 is 5.97 Å². The van der Waals surface area contributed by atoms with Crippen LogP contribution in [0.1, 0.15) is 12.0 Å². The predicted octanol–water partition coefficient (Wildman–Crippen LogP) is 3.19. The highest BCUT2D eigenvalue weighted by atomic mass is 35.5. The number of carbonyl (C=O) groups excluding carboxylic acids is 2. The Hall–Kier alpha value is -1.20. The van der Waals surface area contributed by atoms with Gasteiger partial charge in [0.2, 0.25) is 0 Å². The summed E-state index contributed by atoms with van der Waals surface area (Å²) in [4.78, 5) is 24.2. The van der Waals surface area contributed by atoms with Crippen molar-refractivity contribution in [3.63, 3.8) is 0 Å². The lowest BCUT2D eigenvalue weighted by atomic mass is 10.2. The summed E-state index contributed by atoms with van der Waals surface area (Å²) < 4.78 is 5.09. The number of esters is 1. The minimum atomic E-state index is -0.311. The lowest BCUT2D eigenvalue weighted by Crippen LogP contribution is -2.17. The Morgan fingerprint density at radius 3 is 2.47 bits per heavy atom. The summed E-state index contributed by atoms with van der Waals surface area (Å²) in [6.45, 7) is 0.224. The third-order valence-electron chi connectivity index (χ3n) is 2.21. The van der Waals surface area contributed by atoms with Crippen LogP contribution in [0.25, 0.3) is 0 Å². The lowest BCUT2D eigenvalue weighted by molar-refractivity contribution is -0.144. The fraction of sp³-hybridized carbons (Fsp3) is 0.385. The zero-order chi connectivity index (χ0) is 14.3. The average molecular weight is 302 g/mol. The van der Waals surface area contributed by atoms with E-state index in [0.717, 1.165) is 17.3 Å². The fourth-order valence-corrected chi connectivity index (χ4v) is 1.99. The molecule has 0 aliphatic rings. The Bertz CT molecular complexity index is 434. The number of benzene rings is 1. The van der Waals surface area contributed by atoms with Gasteiger partial charge in [-0.05, 0) is 17.7 Å². The number of thioether (sulfide) groups is 1. The van der Waals surface area contributed by atoms with Gasteiger partial charge in [-0.15, -0.1) is 0 Å². The largest absolute Gasteiger partial charge is 0.461 e. The van der Waals surface area contributed by atoms with Gasteiger partial charge in [-0.25, -0.2) is 0 Å². The van der Waals surface area contributed by atoms with E-state index in [4.69, 9.17) is 16.3 Å². The van der Waals surface area contributed by atoms with Crippen LogP contribution in [0.4, 0.5) is 4.79 Å². The molecule has 0 aliphatic carbocycles. The van der Waals surface area contributed by atoms with Crippen molar-refractivity contribution in [3.05, 3.63) is 34.9 Å². The summed E-state index contributed by atoms with van der Waals surface area (Å²) >= 11 is 6.86. The van der Waals surface area contributed by atoms with Crippen molar-refractivity contribution >= 4 is 34.6 Å². The SMILES string of the molecule is CN(C)C(=O)SCCC(=O)OCc1ccc(Cl)cc1. The molecule has 1 rings (SSSR count). The molecule has 1 aromatic rings. The molecule has 1 aromatic carbocycles. The first-order valence-corrected chi connectivity index (χ1v) is 7.09. The summed E-state index contributed by atoms with van der Waals surface area (Å²) in [5.74, 6) is 0.116. The molecule has 0 bridgehead atoms. The van der Waals surface area contributed by atoms with Crippen LogP contribution < -0.4 is 0 Å². The summed E-state index contributed by atoms with van der Waals surface area (Å²) in [6, 6.07) is 7.10. The van der Waals surface area contributed by atoms with Crippen LogP contribution in [0.15, 0.2) is 24.3 Å². The normalized spacial score (nSPS) is 10.1. The van der Waals surface area contributed by atoms with Gasteiger partial charge in [0, 0.05) is 24.9 Å². The molecular formula is C13H16ClNO3S.